The number of benzene rings is 3. The van der Waals surface area contributed by atoms with Crippen molar-refractivity contribution in [3.8, 4) is 17.0 Å². The number of aromatic carboxylic acids is 1. The van der Waals surface area contributed by atoms with Gasteiger partial charge >= 0.3 is 12.1 Å². The van der Waals surface area contributed by atoms with E-state index in [9.17, 15) is 27.9 Å². The lowest BCUT2D eigenvalue weighted by Crippen LogP contribution is -2.29. The lowest BCUT2D eigenvalue weighted by Gasteiger charge is -2.13. The first-order valence-electron chi connectivity index (χ1n) is 12.2. The standard InChI is InChI=1S/C29H26F3N3O4/c30-29(31,32)23-14-12-21(13-15-23)24-11-5-4-10-22(24)19-39-27-17-25(28(37)38)34-35(27)18-26(36)33-16-6-9-20-7-2-1-3-8-20/h1-5,7-8,10-15,17H,6,9,16,18-19H2,(H,33,36)(H,37,38). The number of halogens is 3. The van der Waals surface area contributed by atoms with Crippen molar-refractivity contribution in [2.45, 2.75) is 32.2 Å². The Morgan fingerprint density at radius 2 is 1.64 bits per heavy atom. The molecule has 39 heavy (non-hydrogen) atoms. The number of carboxylic acids is 1. The van der Waals surface area contributed by atoms with Crippen LogP contribution in [0.4, 0.5) is 13.2 Å². The van der Waals surface area contributed by atoms with Gasteiger partial charge in [0.25, 0.3) is 0 Å². The summed E-state index contributed by atoms with van der Waals surface area (Å²) in [6.45, 7) is 0.173. The summed E-state index contributed by atoms with van der Waals surface area (Å²) in [4.78, 5) is 24.0. The highest BCUT2D eigenvalue weighted by Crippen LogP contribution is 2.32. The van der Waals surface area contributed by atoms with E-state index >= 15 is 0 Å². The van der Waals surface area contributed by atoms with Gasteiger partial charge in [0, 0.05) is 12.6 Å². The van der Waals surface area contributed by atoms with Crippen LogP contribution in [0.15, 0.2) is 84.9 Å². The highest BCUT2D eigenvalue weighted by Gasteiger charge is 2.30. The number of amides is 1. The molecule has 0 aliphatic heterocycles. The maximum Gasteiger partial charge on any atom is 0.416 e. The molecule has 1 amide bonds. The second kappa shape index (κ2) is 12.3. The average Bonchev–Trinajstić information content (AvgIpc) is 3.33. The lowest BCUT2D eigenvalue weighted by atomic mass is 9.99. The van der Waals surface area contributed by atoms with E-state index < -0.39 is 17.7 Å². The third kappa shape index (κ3) is 7.47. The van der Waals surface area contributed by atoms with Crippen LogP contribution in [0.5, 0.6) is 5.88 Å². The minimum absolute atomic E-state index is 0.0271. The fraction of sp³-hybridized carbons (Fsp3) is 0.207. The van der Waals surface area contributed by atoms with Crippen molar-refractivity contribution >= 4 is 11.9 Å². The molecule has 0 atom stereocenters. The molecule has 3 aromatic carbocycles. The number of aryl methyl sites for hydroxylation is 1. The Hall–Kier alpha value is -4.60. The molecule has 10 heteroatoms. The fourth-order valence-corrected chi connectivity index (χ4v) is 4.01. The van der Waals surface area contributed by atoms with Crippen LogP contribution in [-0.2, 0) is 30.5 Å². The van der Waals surface area contributed by atoms with Crippen LogP contribution in [0.1, 0.15) is 33.6 Å². The molecule has 1 aromatic heterocycles. The molecule has 0 aliphatic carbocycles. The summed E-state index contributed by atoms with van der Waals surface area (Å²) in [5.74, 6) is -1.54. The van der Waals surface area contributed by atoms with Gasteiger partial charge in [-0.1, -0.05) is 66.7 Å². The van der Waals surface area contributed by atoms with Gasteiger partial charge in [0.05, 0.1) is 5.56 Å². The molecule has 0 saturated heterocycles. The topological polar surface area (TPSA) is 93.5 Å². The monoisotopic (exact) mass is 537 g/mol. The summed E-state index contributed by atoms with van der Waals surface area (Å²) in [6.07, 6.45) is -2.90. The maximum absolute atomic E-state index is 13.0. The van der Waals surface area contributed by atoms with Crippen LogP contribution >= 0.6 is 0 Å². The van der Waals surface area contributed by atoms with E-state index in [1.807, 2.05) is 30.3 Å². The number of nitrogens with one attached hydrogen (secondary N) is 1. The van der Waals surface area contributed by atoms with Crippen molar-refractivity contribution in [3.05, 3.63) is 107 Å². The van der Waals surface area contributed by atoms with Crippen molar-refractivity contribution in [3.63, 3.8) is 0 Å². The smallest absolute Gasteiger partial charge is 0.416 e. The quantitative estimate of drug-likeness (QED) is 0.243. The van der Waals surface area contributed by atoms with E-state index in [1.165, 1.54) is 22.9 Å². The minimum atomic E-state index is -4.43. The number of hydrogen-bond donors (Lipinski definition) is 2. The third-order valence-corrected chi connectivity index (χ3v) is 5.98. The summed E-state index contributed by atoms with van der Waals surface area (Å²) < 4.78 is 45.9. The summed E-state index contributed by atoms with van der Waals surface area (Å²) in [5, 5.41) is 16.2. The van der Waals surface area contributed by atoms with Crippen LogP contribution in [0.25, 0.3) is 11.1 Å². The Labute approximate surface area is 222 Å². The van der Waals surface area contributed by atoms with Crippen molar-refractivity contribution in [2.24, 2.45) is 0 Å². The Bertz CT molecular complexity index is 1420. The van der Waals surface area contributed by atoms with Gasteiger partial charge in [-0.25, -0.2) is 9.48 Å². The van der Waals surface area contributed by atoms with E-state index in [2.05, 4.69) is 10.4 Å². The van der Waals surface area contributed by atoms with Crippen LogP contribution in [0.2, 0.25) is 0 Å². The first-order chi connectivity index (χ1) is 18.7. The van der Waals surface area contributed by atoms with E-state index in [0.717, 1.165) is 30.5 Å². The molecule has 0 unspecified atom stereocenters. The largest absolute Gasteiger partial charge is 0.476 e. The van der Waals surface area contributed by atoms with E-state index in [0.29, 0.717) is 23.2 Å². The van der Waals surface area contributed by atoms with Gasteiger partial charge in [0.1, 0.15) is 13.2 Å². The Balaban J connectivity index is 1.42. The van der Waals surface area contributed by atoms with Gasteiger partial charge in [-0.15, -0.1) is 0 Å². The summed E-state index contributed by atoms with van der Waals surface area (Å²) in [6, 6.07) is 22.9. The highest BCUT2D eigenvalue weighted by molar-refractivity contribution is 5.86. The van der Waals surface area contributed by atoms with Crippen molar-refractivity contribution < 1.29 is 32.6 Å². The predicted molar refractivity (Wildman–Crippen MR) is 138 cm³/mol. The molecule has 2 N–H and O–H groups in total. The van der Waals surface area contributed by atoms with E-state index in [-0.39, 0.29) is 30.6 Å². The van der Waals surface area contributed by atoms with Crippen LogP contribution in [-0.4, -0.2) is 33.3 Å². The molecule has 4 rings (SSSR count). The second-order valence-corrected chi connectivity index (χ2v) is 8.79. The Morgan fingerprint density at radius 1 is 0.949 bits per heavy atom. The van der Waals surface area contributed by atoms with Gasteiger partial charge in [-0.2, -0.15) is 18.3 Å². The van der Waals surface area contributed by atoms with Crippen LogP contribution in [0, 0.1) is 0 Å². The van der Waals surface area contributed by atoms with Gasteiger partial charge in [-0.05, 0) is 47.2 Å². The number of rotatable bonds is 11. The predicted octanol–water partition coefficient (Wildman–Crippen LogP) is 5.60. The van der Waals surface area contributed by atoms with E-state index in [1.54, 1.807) is 24.3 Å². The molecule has 1 heterocycles. The van der Waals surface area contributed by atoms with Crippen LogP contribution in [0.3, 0.4) is 0 Å². The number of aromatic nitrogens is 2. The third-order valence-electron chi connectivity index (χ3n) is 5.98. The van der Waals surface area contributed by atoms with Crippen molar-refractivity contribution in [1.82, 2.24) is 15.1 Å². The zero-order chi connectivity index (χ0) is 27.8. The zero-order valence-electron chi connectivity index (χ0n) is 20.8. The zero-order valence-corrected chi connectivity index (χ0v) is 20.8. The molecule has 0 spiro atoms. The first kappa shape index (κ1) is 27.4. The molecule has 0 aliphatic rings. The summed E-state index contributed by atoms with van der Waals surface area (Å²) >= 11 is 0. The molecular weight excluding hydrogens is 511 g/mol. The molecule has 0 fully saturated rings. The normalized spacial score (nSPS) is 11.3. The number of nitrogens with zero attached hydrogens (tertiary/aromatic N) is 2. The van der Waals surface area contributed by atoms with Gasteiger partial charge in [0.2, 0.25) is 11.8 Å². The number of carboxylic acid groups (broad SMARTS) is 1. The van der Waals surface area contributed by atoms with E-state index in [4.69, 9.17) is 4.74 Å². The van der Waals surface area contributed by atoms with Crippen molar-refractivity contribution in [2.75, 3.05) is 6.54 Å². The fourth-order valence-electron chi connectivity index (χ4n) is 4.01. The lowest BCUT2D eigenvalue weighted by molar-refractivity contribution is -0.137. The van der Waals surface area contributed by atoms with Gasteiger partial charge in [-0.3, -0.25) is 4.79 Å². The SMILES string of the molecule is O=C(Cn1nc(C(=O)O)cc1OCc1ccccc1-c1ccc(C(F)(F)F)cc1)NCCCc1ccccc1. The number of carbonyl (C=O) groups excluding carboxylic acids is 1. The first-order valence-corrected chi connectivity index (χ1v) is 12.2. The van der Waals surface area contributed by atoms with Crippen molar-refractivity contribution in [1.29, 1.82) is 0 Å². The molecule has 202 valence electrons. The number of ether oxygens (including phenoxy) is 1. The second-order valence-electron chi connectivity index (χ2n) is 8.79. The Kier molecular flexibility index (Phi) is 8.65. The summed E-state index contributed by atoms with van der Waals surface area (Å²) in [5.41, 5.74) is 2.02. The van der Waals surface area contributed by atoms with Gasteiger partial charge < -0.3 is 15.2 Å². The molecule has 4 aromatic rings. The van der Waals surface area contributed by atoms with Crippen LogP contribution < -0.4 is 10.1 Å². The number of hydrogen-bond acceptors (Lipinski definition) is 4. The highest BCUT2D eigenvalue weighted by atomic mass is 19.4. The molecule has 0 saturated carbocycles. The molecule has 0 bridgehead atoms. The molecular formula is C29H26F3N3O4. The minimum Gasteiger partial charge on any atom is -0.476 e. The summed E-state index contributed by atoms with van der Waals surface area (Å²) in [7, 11) is 0. The number of alkyl halides is 3. The van der Waals surface area contributed by atoms with Gasteiger partial charge in [0.15, 0.2) is 5.69 Å². The maximum atomic E-state index is 13.0. The average molecular weight is 538 g/mol. The molecule has 7 nitrogen and oxygen atoms in total. The Morgan fingerprint density at radius 3 is 2.33 bits per heavy atom. The number of carbonyl (C=O) groups is 2. The molecule has 0 radical (unpaired) electrons.